The molecule has 2 rings (SSSR count). The number of likely N-dealkylation sites (tertiary alicyclic amines) is 1. The first-order valence-corrected chi connectivity index (χ1v) is 7.96. The highest BCUT2D eigenvalue weighted by atomic mass is 15.2. The molecule has 0 amide bonds. The summed E-state index contributed by atoms with van der Waals surface area (Å²) >= 11 is 0. The lowest BCUT2D eigenvalue weighted by Crippen LogP contribution is -2.49. The average Bonchev–Trinajstić information content (AvgIpc) is 2.28. The number of rotatable bonds is 3. The van der Waals surface area contributed by atoms with Crippen molar-refractivity contribution in [3.05, 3.63) is 0 Å². The molecule has 18 heavy (non-hydrogen) atoms. The molecular formula is C16H32N2. The third-order valence-electron chi connectivity index (χ3n) is 5.24. The molecule has 0 aromatic carbocycles. The van der Waals surface area contributed by atoms with Crippen LogP contribution in [0.3, 0.4) is 0 Å². The van der Waals surface area contributed by atoms with E-state index >= 15 is 0 Å². The van der Waals surface area contributed by atoms with Crippen LogP contribution >= 0.6 is 0 Å². The molecule has 0 aromatic heterocycles. The largest absolute Gasteiger partial charge is 0.330 e. The van der Waals surface area contributed by atoms with Crippen molar-refractivity contribution in [3.63, 3.8) is 0 Å². The van der Waals surface area contributed by atoms with Crippen molar-refractivity contribution >= 4 is 0 Å². The first-order valence-electron chi connectivity index (χ1n) is 7.96. The summed E-state index contributed by atoms with van der Waals surface area (Å²) in [5.74, 6) is 1.73. The summed E-state index contributed by atoms with van der Waals surface area (Å²) in [4.78, 5) is 2.80. The lowest BCUT2D eigenvalue weighted by atomic mass is 9.70. The van der Waals surface area contributed by atoms with Crippen LogP contribution < -0.4 is 5.73 Å². The van der Waals surface area contributed by atoms with E-state index in [0.29, 0.717) is 5.41 Å². The van der Waals surface area contributed by atoms with Gasteiger partial charge in [0.1, 0.15) is 0 Å². The summed E-state index contributed by atoms with van der Waals surface area (Å²) in [6, 6.07) is 0.846. The first kappa shape index (κ1) is 14.3. The van der Waals surface area contributed by atoms with E-state index in [-0.39, 0.29) is 0 Å². The van der Waals surface area contributed by atoms with Gasteiger partial charge in [0.25, 0.3) is 0 Å². The van der Waals surface area contributed by atoms with Crippen LogP contribution in [0.2, 0.25) is 0 Å². The molecule has 1 saturated carbocycles. The number of hydrogen-bond acceptors (Lipinski definition) is 2. The molecule has 2 fully saturated rings. The van der Waals surface area contributed by atoms with Crippen molar-refractivity contribution in [3.8, 4) is 0 Å². The predicted octanol–water partition coefficient (Wildman–Crippen LogP) is 3.26. The number of hydrogen-bond donors (Lipinski definition) is 1. The molecule has 1 aliphatic carbocycles. The highest BCUT2D eigenvalue weighted by Crippen LogP contribution is 2.41. The smallest absolute Gasteiger partial charge is 0.0121 e. The molecule has 3 atom stereocenters. The lowest BCUT2D eigenvalue weighted by Gasteiger charge is -2.47. The van der Waals surface area contributed by atoms with E-state index < -0.39 is 0 Å². The minimum absolute atomic E-state index is 0.572. The molecule has 0 aromatic rings. The summed E-state index contributed by atoms with van der Waals surface area (Å²) in [6.45, 7) is 10.9. The van der Waals surface area contributed by atoms with Gasteiger partial charge < -0.3 is 5.73 Å². The van der Waals surface area contributed by atoms with Gasteiger partial charge in [-0.1, -0.05) is 20.8 Å². The molecule has 106 valence electrons. The zero-order chi connectivity index (χ0) is 13.2. The maximum Gasteiger partial charge on any atom is 0.0121 e. The highest BCUT2D eigenvalue weighted by molar-refractivity contribution is 4.90. The molecule has 0 spiro atoms. The second kappa shape index (κ2) is 5.92. The lowest BCUT2D eigenvalue weighted by molar-refractivity contribution is 0.0317. The normalized spacial score (nSPS) is 37.7. The second-order valence-electron chi connectivity index (χ2n) is 7.53. The summed E-state index contributed by atoms with van der Waals surface area (Å²) in [6.07, 6.45) is 8.22. The third-order valence-corrected chi connectivity index (χ3v) is 5.24. The van der Waals surface area contributed by atoms with Gasteiger partial charge in [-0.3, -0.25) is 4.90 Å². The SMILES string of the molecule is CC1CC(C)(C)CCC1N1CCCC(CCN)C1. The van der Waals surface area contributed by atoms with Crippen molar-refractivity contribution in [1.82, 2.24) is 4.90 Å². The Labute approximate surface area is 113 Å². The Bertz CT molecular complexity index is 260. The Kier molecular flexibility index (Phi) is 4.71. The Hall–Kier alpha value is -0.0800. The number of nitrogens with zero attached hydrogens (tertiary/aromatic N) is 1. The monoisotopic (exact) mass is 252 g/mol. The fourth-order valence-electron chi connectivity index (χ4n) is 4.35. The molecule has 2 nitrogen and oxygen atoms in total. The van der Waals surface area contributed by atoms with E-state index in [4.69, 9.17) is 5.73 Å². The van der Waals surface area contributed by atoms with Gasteiger partial charge in [0, 0.05) is 12.6 Å². The van der Waals surface area contributed by atoms with E-state index in [1.54, 1.807) is 0 Å². The van der Waals surface area contributed by atoms with Gasteiger partial charge in [0.15, 0.2) is 0 Å². The summed E-state index contributed by atoms with van der Waals surface area (Å²) in [7, 11) is 0. The van der Waals surface area contributed by atoms with Crippen LogP contribution in [0.1, 0.15) is 59.3 Å². The molecule has 1 aliphatic heterocycles. The minimum Gasteiger partial charge on any atom is -0.330 e. The number of piperidine rings is 1. The summed E-state index contributed by atoms with van der Waals surface area (Å²) < 4.78 is 0. The molecule has 2 N–H and O–H groups in total. The zero-order valence-corrected chi connectivity index (χ0v) is 12.6. The fraction of sp³-hybridized carbons (Fsp3) is 1.00. The van der Waals surface area contributed by atoms with Crippen LogP contribution in [0.4, 0.5) is 0 Å². The van der Waals surface area contributed by atoms with Crippen molar-refractivity contribution in [1.29, 1.82) is 0 Å². The zero-order valence-electron chi connectivity index (χ0n) is 12.6. The average molecular weight is 252 g/mol. The number of nitrogens with two attached hydrogens (primary N) is 1. The summed E-state index contributed by atoms with van der Waals surface area (Å²) in [5.41, 5.74) is 6.30. The second-order valence-corrected chi connectivity index (χ2v) is 7.53. The first-order chi connectivity index (χ1) is 8.52. The van der Waals surface area contributed by atoms with E-state index in [2.05, 4.69) is 25.7 Å². The minimum atomic E-state index is 0.572. The third kappa shape index (κ3) is 3.48. The Balaban J connectivity index is 1.91. The van der Waals surface area contributed by atoms with Crippen molar-refractivity contribution in [2.45, 2.75) is 65.3 Å². The topological polar surface area (TPSA) is 29.3 Å². The van der Waals surface area contributed by atoms with Crippen molar-refractivity contribution in [2.24, 2.45) is 23.0 Å². The van der Waals surface area contributed by atoms with E-state index in [9.17, 15) is 0 Å². The predicted molar refractivity (Wildman–Crippen MR) is 78.6 cm³/mol. The molecule has 0 radical (unpaired) electrons. The van der Waals surface area contributed by atoms with E-state index in [0.717, 1.165) is 24.4 Å². The molecule has 1 saturated heterocycles. The van der Waals surface area contributed by atoms with Gasteiger partial charge >= 0.3 is 0 Å². The van der Waals surface area contributed by atoms with Crippen LogP contribution in [0.25, 0.3) is 0 Å². The van der Waals surface area contributed by atoms with Crippen LogP contribution in [-0.2, 0) is 0 Å². The quantitative estimate of drug-likeness (QED) is 0.835. The molecular weight excluding hydrogens is 220 g/mol. The maximum atomic E-state index is 5.73. The Morgan fingerprint density at radius 3 is 2.72 bits per heavy atom. The molecule has 1 heterocycles. The molecule has 3 unspecified atom stereocenters. The fourth-order valence-corrected chi connectivity index (χ4v) is 4.35. The van der Waals surface area contributed by atoms with E-state index in [1.165, 1.54) is 51.6 Å². The van der Waals surface area contributed by atoms with Crippen molar-refractivity contribution < 1.29 is 0 Å². The highest BCUT2D eigenvalue weighted by Gasteiger charge is 2.36. The van der Waals surface area contributed by atoms with Gasteiger partial charge in [0.2, 0.25) is 0 Å². The van der Waals surface area contributed by atoms with Gasteiger partial charge in [-0.25, -0.2) is 0 Å². The molecule has 0 bridgehead atoms. The van der Waals surface area contributed by atoms with Crippen LogP contribution in [0.5, 0.6) is 0 Å². The summed E-state index contributed by atoms with van der Waals surface area (Å²) in [5, 5.41) is 0. The van der Waals surface area contributed by atoms with Crippen LogP contribution in [0.15, 0.2) is 0 Å². The van der Waals surface area contributed by atoms with Crippen molar-refractivity contribution in [2.75, 3.05) is 19.6 Å². The van der Waals surface area contributed by atoms with Gasteiger partial charge in [-0.2, -0.15) is 0 Å². The van der Waals surface area contributed by atoms with Gasteiger partial charge in [-0.15, -0.1) is 0 Å². The Morgan fingerprint density at radius 1 is 1.28 bits per heavy atom. The molecule has 2 heteroatoms. The van der Waals surface area contributed by atoms with Crippen LogP contribution in [0, 0.1) is 17.3 Å². The van der Waals surface area contributed by atoms with Crippen LogP contribution in [-0.4, -0.2) is 30.6 Å². The van der Waals surface area contributed by atoms with Gasteiger partial charge in [-0.05, 0) is 68.9 Å². The maximum absolute atomic E-state index is 5.73. The van der Waals surface area contributed by atoms with E-state index in [1.807, 2.05) is 0 Å². The standard InChI is InChI=1S/C16H32N2/c1-13-11-16(2,3)8-6-15(13)18-10-4-5-14(12-18)7-9-17/h13-15H,4-12,17H2,1-3H3. The molecule has 2 aliphatic rings. The Morgan fingerprint density at radius 2 is 2.06 bits per heavy atom. The van der Waals surface area contributed by atoms with Gasteiger partial charge in [0.05, 0.1) is 0 Å².